The molecule has 1 atom stereocenters. The lowest BCUT2D eigenvalue weighted by molar-refractivity contribution is 0.739. The van der Waals surface area contributed by atoms with Crippen LogP contribution in [0.1, 0.15) is 25.8 Å². The Balaban J connectivity index is 2.29. The molecule has 0 saturated heterocycles. The van der Waals surface area contributed by atoms with Gasteiger partial charge in [-0.15, -0.1) is 0 Å². The molecular weight excluding hydrogens is 208 g/mol. The number of hydrogen-bond acceptors (Lipinski definition) is 2. The molecule has 0 N–H and O–H groups in total. The number of pyridine rings is 1. The maximum absolute atomic E-state index is 4.83. The summed E-state index contributed by atoms with van der Waals surface area (Å²) in [6, 6.07) is 8.43. The van der Waals surface area contributed by atoms with Gasteiger partial charge in [-0.2, -0.15) is 0 Å². The van der Waals surface area contributed by atoms with Crippen LogP contribution in [0.2, 0.25) is 0 Å². The molecule has 1 aromatic carbocycles. The molecule has 2 aromatic rings. The molecule has 86 valence electrons. The highest BCUT2D eigenvalue weighted by Crippen LogP contribution is 2.34. The molecular formula is C15H16N2. The van der Waals surface area contributed by atoms with E-state index in [0.29, 0.717) is 5.92 Å². The van der Waals surface area contributed by atoms with E-state index in [9.17, 15) is 0 Å². The van der Waals surface area contributed by atoms with Crippen LogP contribution in [0.15, 0.2) is 35.5 Å². The minimum absolute atomic E-state index is 0.564. The van der Waals surface area contributed by atoms with Crippen molar-refractivity contribution >= 4 is 22.3 Å². The summed E-state index contributed by atoms with van der Waals surface area (Å²) in [5.74, 6) is 0.564. The number of fused-ring (bicyclic) bond motifs is 3. The SMILES string of the molecule is CCC1=Nc2c(ccc3cccnc23)CC1C. The number of benzene rings is 1. The van der Waals surface area contributed by atoms with Crippen LogP contribution in [0, 0.1) is 5.92 Å². The van der Waals surface area contributed by atoms with Crippen LogP contribution < -0.4 is 0 Å². The van der Waals surface area contributed by atoms with Crippen molar-refractivity contribution in [3.63, 3.8) is 0 Å². The average molecular weight is 224 g/mol. The van der Waals surface area contributed by atoms with Gasteiger partial charge in [0, 0.05) is 17.3 Å². The summed E-state index contributed by atoms with van der Waals surface area (Å²) >= 11 is 0. The van der Waals surface area contributed by atoms with Crippen LogP contribution in [0.3, 0.4) is 0 Å². The van der Waals surface area contributed by atoms with E-state index in [0.717, 1.165) is 24.0 Å². The lowest BCUT2D eigenvalue weighted by atomic mass is 9.90. The summed E-state index contributed by atoms with van der Waals surface area (Å²) in [7, 11) is 0. The molecule has 0 bridgehead atoms. The van der Waals surface area contributed by atoms with E-state index < -0.39 is 0 Å². The maximum Gasteiger partial charge on any atom is 0.0961 e. The standard InChI is InChI=1S/C15H16N2/c1-3-13-10(2)9-12-7-6-11-5-4-8-16-14(11)15(12)17-13/h4-8,10H,3,9H2,1-2H3. The Bertz CT molecular complexity index is 599. The molecule has 0 aliphatic carbocycles. The number of rotatable bonds is 1. The van der Waals surface area contributed by atoms with Gasteiger partial charge in [-0.1, -0.05) is 32.0 Å². The van der Waals surface area contributed by atoms with Crippen LogP contribution in [-0.2, 0) is 6.42 Å². The zero-order valence-electron chi connectivity index (χ0n) is 10.3. The Morgan fingerprint density at radius 2 is 2.18 bits per heavy atom. The molecule has 2 nitrogen and oxygen atoms in total. The number of nitrogens with zero attached hydrogens (tertiary/aromatic N) is 2. The van der Waals surface area contributed by atoms with Gasteiger partial charge in [0.1, 0.15) is 0 Å². The predicted molar refractivity (Wildman–Crippen MR) is 72.0 cm³/mol. The largest absolute Gasteiger partial charge is 0.255 e. The van der Waals surface area contributed by atoms with Gasteiger partial charge in [0.15, 0.2) is 0 Å². The molecule has 1 aliphatic heterocycles. The highest BCUT2D eigenvalue weighted by atomic mass is 14.8. The van der Waals surface area contributed by atoms with Crippen molar-refractivity contribution < 1.29 is 0 Å². The third-order valence-electron chi connectivity index (χ3n) is 3.54. The van der Waals surface area contributed by atoms with Crippen LogP contribution in [0.4, 0.5) is 5.69 Å². The highest BCUT2D eigenvalue weighted by molar-refractivity contribution is 5.98. The molecule has 0 saturated carbocycles. The fourth-order valence-electron chi connectivity index (χ4n) is 2.59. The molecule has 0 spiro atoms. The van der Waals surface area contributed by atoms with Crippen LogP contribution in [0.25, 0.3) is 10.9 Å². The lowest BCUT2D eigenvalue weighted by Crippen LogP contribution is -2.16. The molecule has 0 radical (unpaired) electrons. The summed E-state index contributed by atoms with van der Waals surface area (Å²) in [5, 5.41) is 1.18. The normalized spacial score (nSPS) is 18.9. The van der Waals surface area contributed by atoms with Crippen LogP contribution >= 0.6 is 0 Å². The van der Waals surface area contributed by atoms with E-state index in [1.165, 1.54) is 16.7 Å². The van der Waals surface area contributed by atoms with Crippen molar-refractivity contribution in [1.82, 2.24) is 4.98 Å². The minimum atomic E-state index is 0.564. The van der Waals surface area contributed by atoms with Gasteiger partial charge in [-0.05, 0) is 30.4 Å². The van der Waals surface area contributed by atoms with Gasteiger partial charge < -0.3 is 0 Å². The van der Waals surface area contributed by atoms with Gasteiger partial charge in [0.05, 0.1) is 11.2 Å². The lowest BCUT2D eigenvalue weighted by Gasteiger charge is -2.21. The van der Waals surface area contributed by atoms with Gasteiger partial charge in [0.25, 0.3) is 0 Å². The summed E-state index contributed by atoms with van der Waals surface area (Å²) < 4.78 is 0. The van der Waals surface area contributed by atoms with E-state index >= 15 is 0 Å². The first-order valence-corrected chi connectivity index (χ1v) is 6.23. The molecule has 1 unspecified atom stereocenters. The number of aliphatic imine (C=N–C) groups is 1. The molecule has 17 heavy (non-hydrogen) atoms. The van der Waals surface area contributed by atoms with Crippen molar-refractivity contribution in [2.45, 2.75) is 26.7 Å². The minimum Gasteiger partial charge on any atom is -0.255 e. The summed E-state index contributed by atoms with van der Waals surface area (Å²) in [6.07, 6.45) is 3.97. The topological polar surface area (TPSA) is 25.2 Å². The first kappa shape index (κ1) is 10.5. The van der Waals surface area contributed by atoms with E-state index in [1.807, 2.05) is 12.3 Å². The molecule has 2 heteroatoms. The number of aromatic nitrogens is 1. The van der Waals surface area contributed by atoms with Gasteiger partial charge in [0.2, 0.25) is 0 Å². The second kappa shape index (κ2) is 3.95. The maximum atomic E-state index is 4.83. The van der Waals surface area contributed by atoms with Crippen molar-refractivity contribution in [3.8, 4) is 0 Å². The van der Waals surface area contributed by atoms with Crippen LogP contribution in [0.5, 0.6) is 0 Å². The van der Waals surface area contributed by atoms with Crippen LogP contribution in [-0.4, -0.2) is 10.7 Å². The van der Waals surface area contributed by atoms with E-state index in [4.69, 9.17) is 4.99 Å². The zero-order valence-corrected chi connectivity index (χ0v) is 10.3. The third-order valence-corrected chi connectivity index (χ3v) is 3.54. The van der Waals surface area contributed by atoms with E-state index in [1.54, 1.807) is 0 Å². The third kappa shape index (κ3) is 1.64. The summed E-state index contributed by atoms with van der Waals surface area (Å²) in [5.41, 5.74) is 4.78. The van der Waals surface area contributed by atoms with Crippen molar-refractivity contribution in [2.75, 3.05) is 0 Å². The molecule has 3 rings (SSSR count). The Morgan fingerprint density at radius 1 is 1.29 bits per heavy atom. The first-order chi connectivity index (χ1) is 8.29. The molecule has 0 fully saturated rings. The Morgan fingerprint density at radius 3 is 3.00 bits per heavy atom. The van der Waals surface area contributed by atoms with E-state index in [-0.39, 0.29) is 0 Å². The summed E-state index contributed by atoms with van der Waals surface area (Å²) in [6.45, 7) is 4.44. The smallest absolute Gasteiger partial charge is 0.0961 e. The molecule has 0 amide bonds. The molecule has 2 heterocycles. The highest BCUT2D eigenvalue weighted by Gasteiger charge is 2.19. The zero-order chi connectivity index (χ0) is 11.8. The first-order valence-electron chi connectivity index (χ1n) is 6.23. The fourth-order valence-corrected chi connectivity index (χ4v) is 2.59. The van der Waals surface area contributed by atoms with Gasteiger partial charge in [-0.3, -0.25) is 9.98 Å². The Labute approximate surface area is 101 Å². The fraction of sp³-hybridized carbons (Fsp3) is 0.333. The Hall–Kier alpha value is -1.70. The monoisotopic (exact) mass is 224 g/mol. The van der Waals surface area contributed by atoms with Gasteiger partial charge >= 0.3 is 0 Å². The quantitative estimate of drug-likeness (QED) is 0.721. The van der Waals surface area contributed by atoms with Gasteiger partial charge in [-0.25, -0.2) is 0 Å². The van der Waals surface area contributed by atoms with Crippen molar-refractivity contribution in [1.29, 1.82) is 0 Å². The second-order valence-electron chi connectivity index (χ2n) is 4.71. The number of hydrogen-bond donors (Lipinski definition) is 0. The predicted octanol–water partition coefficient (Wildman–Crippen LogP) is 3.91. The van der Waals surface area contributed by atoms with Crippen molar-refractivity contribution in [2.24, 2.45) is 10.9 Å². The Kier molecular flexibility index (Phi) is 2.43. The van der Waals surface area contributed by atoms with E-state index in [2.05, 4.69) is 37.0 Å². The van der Waals surface area contributed by atoms with Crippen molar-refractivity contribution in [3.05, 3.63) is 36.0 Å². The molecule has 1 aromatic heterocycles. The average Bonchev–Trinajstić information content (AvgIpc) is 2.37. The summed E-state index contributed by atoms with van der Waals surface area (Å²) in [4.78, 5) is 9.31. The molecule has 1 aliphatic rings. The second-order valence-corrected chi connectivity index (χ2v) is 4.71.